The van der Waals surface area contributed by atoms with E-state index in [0.29, 0.717) is 25.3 Å². The van der Waals surface area contributed by atoms with E-state index in [1.54, 1.807) is 4.90 Å². The third-order valence-electron chi connectivity index (χ3n) is 6.23. The van der Waals surface area contributed by atoms with Crippen molar-refractivity contribution >= 4 is 28.3 Å². The molecule has 36 heavy (non-hydrogen) atoms. The van der Waals surface area contributed by atoms with Crippen molar-refractivity contribution in [3.8, 4) is 17.0 Å². The largest absolute Gasteiger partial charge is 0.435 e. The number of hydrogen-bond acceptors (Lipinski definition) is 5. The Balaban J connectivity index is 1.30. The molecule has 1 aliphatic rings. The molecule has 2 amide bonds. The number of carbonyl (C=O) groups excluding carboxylic acids is 1. The van der Waals surface area contributed by atoms with E-state index in [2.05, 4.69) is 37.3 Å². The quantitative estimate of drug-likeness (QED) is 0.393. The highest BCUT2D eigenvalue weighted by atomic mass is 19.3. The molecule has 0 radical (unpaired) electrons. The Labute approximate surface area is 207 Å². The first-order valence-corrected chi connectivity index (χ1v) is 11.7. The number of nitrogens with one attached hydrogen (secondary N) is 1. The van der Waals surface area contributed by atoms with Gasteiger partial charge in [-0.2, -0.15) is 8.78 Å². The monoisotopic (exact) mass is 489 g/mol. The fraction of sp³-hybridized carbons (Fsp3) is 0.222. The maximum atomic E-state index is 12.9. The first-order chi connectivity index (χ1) is 17.5. The van der Waals surface area contributed by atoms with Gasteiger partial charge in [-0.3, -0.25) is 0 Å². The lowest BCUT2D eigenvalue weighted by molar-refractivity contribution is -0.0498. The number of ether oxygens (including phenoxy) is 1. The summed E-state index contributed by atoms with van der Waals surface area (Å²) >= 11 is 0. The van der Waals surface area contributed by atoms with Gasteiger partial charge in [0.2, 0.25) is 0 Å². The van der Waals surface area contributed by atoms with Gasteiger partial charge in [0.25, 0.3) is 0 Å². The Morgan fingerprint density at radius 2 is 1.64 bits per heavy atom. The third-order valence-corrected chi connectivity index (χ3v) is 6.23. The van der Waals surface area contributed by atoms with Gasteiger partial charge in [0, 0.05) is 47.7 Å². The van der Waals surface area contributed by atoms with E-state index in [1.807, 2.05) is 49.4 Å². The van der Waals surface area contributed by atoms with Crippen molar-refractivity contribution in [3.05, 3.63) is 78.9 Å². The van der Waals surface area contributed by atoms with Crippen molar-refractivity contribution in [1.82, 2.24) is 15.1 Å². The maximum Gasteiger partial charge on any atom is 0.387 e. The Hall–Kier alpha value is -4.27. The molecule has 1 aromatic heterocycles. The highest BCUT2D eigenvalue weighted by Gasteiger charge is 2.29. The lowest BCUT2D eigenvalue weighted by Gasteiger charge is -2.40. The normalized spacial score (nSPS) is 15.8. The zero-order valence-electron chi connectivity index (χ0n) is 19.6. The highest BCUT2D eigenvalue weighted by Crippen LogP contribution is 2.32. The van der Waals surface area contributed by atoms with Crippen LogP contribution in [0.5, 0.6) is 5.75 Å². The fourth-order valence-electron chi connectivity index (χ4n) is 4.50. The van der Waals surface area contributed by atoms with E-state index in [9.17, 15) is 13.6 Å². The minimum atomic E-state index is -2.89. The zero-order valence-corrected chi connectivity index (χ0v) is 19.6. The van der Waals surface area contributed by atoms with Crippen molar-refractivity contribution in [2.75, 3.05) is 29.9 Å². The van der Waals surface area contributed by atoms with Crippen molar-refractivity contribution in [2.45, 2.75) is 19.6 Å². The second-order valence-electron chi connectivity index (χ2n) is 8.61. The molecule has 184 valence electrons. The molecule has 7 nitrogen and oxygen atoms in total. The number of carbonyl (C=O) groups is 1. The summed E-state index contributed by atoms with van der Waals surface area (Å²) in [6.45, 7) is 0.786. The standard InChI is InChI=1S/C27H25F2N5O2/c1-18-17-33(15-16-34(18)27(35)30-20-11-13-21(14-12-20)36-26(28)29)25-23-10-6-5-9-22(23)24(31-32-25)19-7-3-2-4-8-19/h2-14,18,26H,15-17H2,1H3,(H,30,35)/t18-/m0/s1. The average molecular weight is 490 g/mol. The molecule has 1 saturated heterocycles. The molecule has 3 aromatic carbocycles. The summed E-state index contributed by atoms with van der Waals surface area (Å²) in [4.78, 5) is 16.8. The van der Waals surface area contributed by atoms with Crippen LogP contribution in [0.3, 0.4) is 0 Å². The minimum absolute atomic E-state index is 0.0385. The van der Waals surface area contributed by atoms with Crippen molar-refractivity contribution in [1.29, 1.82) is 0 Å². The fourth-order valence-corrected chi connectivity index (χ4v) is 4.50. The molecule has 4 aromatic rings. The lowest BCUT2D eigenvalue weighted by atomic mass is 10.0. The maximum absolute atomic E-state index is 12.9. The lowest BCUT2D eigenvalue weighted by Crippen LogP contribution is -2.55. The molecule has 5 rings (SSSR count). The van der Waals surface area contributed by atoms with Crippen LogP contribution in [0.2, 0.25) is 0 Å². The number of anilines is 2. The number of fused-ring (bicyclic) bond motifs is 1. The van der Waals surface area contributed by atoms with E-state index in [-0.39, 0.29) is 17.8 Å². The predicted molar refractivity (Wildman–Crippen MR) is 135 cm³/mol. The molecular weight excluding hydrogens is 464 g/mol. The number of nitrogens with zero attached hydrogens (tertiary/aromatic N) is 4. The summed E-state index contributed by atoms with van der Waals surface area (Å²) in [5, 5.41) is 14.0. The second-order valence-corrected chi connectivity index (χ2v) is 8.61. The van der Waals surface area contributed by atoms with Gasteiger partial charge < -0.3 is 19.9 Å². The molecule has 0 bridgehead atoms. The summed E-state index contributed by atoms with van der Waals surface area (Å²) in [5.74, 6) is 0.836. The van der Waals surface area contributed by atoms with Crippen LogP contribution < -0.4 is 15.0 Å². The summed E-state index contributed by atoms with van der Waals surface area (Å²) < 4.78 is 29.0. The summed E-state index contributed by atoms with van der Waals surface area (Å²) in [6, 6.07) is 23.6. The zero-order chi connectivity index (χ0) is 25.1. The molecule has 1 fully saturated rings. The van der Waals surface area contributed by atoms with E-state index < -0.39 is 6.61 Å². The van der Waals surface area contributed by atoms with Gasteiger partial charge in [0.15, 0.2) is 5.82 Å². The predicted octanol–water partition coefficient (Wildman–Crippen LogP) is 5.64. The molecule has 1 N–H and O–H groups in total. The first kappa shape index (κ1) is 23.5. The van der Waals surface area contributed by atoms with Gasteiger partial charge in [-0.05, 0) is 31.2 Å². The molecule has 0 spiro atoms. The average Bonchev–Trinajstić information content (AvgIpc) is 2.89. The third kappa shape index (κ3) is 4.91. The second kappa shape index (κ2) is 10.2. The Morgan fingerprint density at radius 1 is 0.944 bits per heavy atom. The number of piperazine rings is 1. The van der Waals surface area contributed by atoms with Gasteiger partial charge in [0.05, 0.1) is 0 Å². The van der Waals surface area contributed by atoms with E-state index in [0.717, 1.165) is 27.8 Å². The smallest absolute Gasteiger partial charge is 0.387 e. The molecule has 1 aliphatic heterocycles. The SMILES string of the molecule is C[C@H]1CN(c2nnc(-c3ccccc3)c3ccccc23)CCN1C(=O)Nc1ccc(OC(F)F)cc1. The van der Waals surface area contributed by atoms with Crippen LogP contribution in [0.25, 0.3) is 22.0 Å². The number of alkyl halides is 2. The Bertz CT molecular complexity index is 1350. The highest BCUT2D eigenvalue weighted by molar-refractivity contribution is 6.00. The van der Waals surface area contributed by atoms with Crippen LogP contribution in [-0.4, -0.2) is 53.4 Å². The number of amides is 2. The Kier molecular flexibility index (Phi) is 6.62. The molecule has 9 heteroatoms. The van der Waals surface area contributed by atoms with Gasteiger partial charge in [0.1, 0.15) is 11.4 Å². The molecule has 0 unspecified atom stereocenters. The van der Waals surface area contributed by atoms with Crippen LogP contribution in [-0.2, 0) is 0 Å². The molecule has 1 atom stereocenters. The van der Waals surface area contributed by atoms with E-state index >= 15 is 0 Å². The molecule has 2 heterocycles. The van der Waals surface area contributed by atoms with Gasteiger partial charge in [-0.15, -0.1) is 10.2 Å². The summed E-state index contributed by atoms with van der Waals surface area (Å²) in [5.41, 5.74) is 2.35. The van der Waals surface area contributed by atoms with Crippen LogP contribution in [0, 0.1) is 0 Å². The number of urea groups is 1. The topological polar surface area (TPSA) is 70.6 Å². The van der Waals surface area contributed by atoms with Crippen LogP contribution in [0.15, 0.2) is 78.9 Å². The van der Waals surface area contributed by atoms with Gasteiger partial charge >= 0.3 is 12.6 Å². The first-order valence-electron chi connectivity index (χ1n) is 11.7. The van der Waals surface area contributed by atoms with Crippen molar-refractivity contribution in [3.63, 3.8) is 0 Å². The van der Waals surface area contributed by atoms with Crippen LogP contribution in [0.1, 0.15) is 6.92 Å². The number of aromatic nitrogens is 2. The van der Waals surface area contributed by atoms with Crippen LogP contribution >= 0.6 is 0 Å². The molecule has 0 aliphatic carbocycles. The van der Waals surface area contributed by atoms with Gasteiger partial charge in [-0.1, -0.05) is 54.6 Å². The number of halogens is 2. The minimum Gasteiger partial charge on any atom is -0.435 e. The van der Waals surface area contributed by atoms with Crippen LogP contribution in [0.4, 0.5) is 25.1 Å². The Morgan fingerprint density at radius 3 is 2.33 bits per heavy atom. The van der Waals surface area contributed by atoms with Gasteiger partial charge in [-0.25, -0.2) is 4.79 Å². The number of rotatable bonds is 5. The van der Waals surface area contributed by atoms with Crippen molar-refractivity contribution in [2.24, 2.45) is 0 Å². The van der Waals surface area contributed by atoms with E-state index in [4.69, 9.17) is 0 Å². The summed E-state index contributed by atoms with van der Waals surface area (Å²) in [6.07, 6.45) is 0. The number of hydrogen-bond donors (Lipinski definition) is 1. The molecule has 0 saturated carbocycles. The van der Waals surface area contributed by atoms with Crippen molar-refractivity contribution < 1.29 is 18.3 Å². The summed E-state index contributed by atoms with van der Waals surface area (Å²) in [7, 11) is 0. The molecular formula is C27H25F2N5O2. The van der Waals surface area contributed by atoms with E-state index in [1.165, 1.54) is 24.3 Å². The number of benzene rings is 3.